The number of nitrogens with zero attached hydrogens (tertiary/aromatic N) is 1. The minimum Gasteiger partial charge on any atom is -0.354 e. The predicted molar refractivity (Wildman–Crippen MR) is 104 cm³/mol. The van der Waals surface area contributed by atoms with E-state index in [4.69, 9.17) is 5.73 Å². The van der Waals surface area contributed by atoms with Crippen LogP contribution in [0.5, 0.6) is 0 Å². The van der Waals surface area contributed by atoms with Crippen molar-refractivity contribution < 1.29 is 9.59 Å². The normalized spacial score (nSPS) is 17.3. The quantitative estimate of drug-likeness (QED) is 0.836. The average Bonchev–Trinajstić information content (AvgIpc) is 2.67. The van der Waals surface area contributed by atoms with Gasteiger partial charge in [0.2, 0.25) is 11.8 Å². The number of hydrogen-bond donors (Lipinski definition) is 2. The van der Waals surface area contributed by atoms with E-state index in [9.17, 15) is 9.59 Å². The van der Waals surface area contributed by atoms with Crippen LogP contribution >= 0.6 is 0 Å². The van der Waals surface area contributed by atoms with Crippen LogP contribution in [0.25, 0.3) is 10.8 Å². The number of benzene rings is 2. The molecule has 1 aliphatic rings. The third kappa shape index (κ3) is 4.41. The Hall–Kier alpha value is -2.40. The highest BCUT2D eigenvalue weighted by Gasteiger charge is 2.27. The first-order valence-corrected chi connectivity index (χ1v) is 9.42. The van der Waals surface area contributed by atoms with Crippen LogP contribution < -0.4 is 11.1 Å². The number of carbonyl (C=O) groups excluding carboxylic acids is 2. The molecule has 0 aliphatic carbocycles. The van der Waals surface area contributed by atoms with Crippen molar-refractivity contribution in [1.82, 2.24) is 10.2 Å². The number of rotatable bonds is 6. The maximum absolute atomic E-state index is 13.0. The number of fused-ring (bicyclic) bond motifs is 1. The van der Waals surface area contributed by atoms with Crippen LogP contribution in [0.15, 0.2) is 42.5 Å². The van der Waals surface area contributed by atoms with Gasteiger partial charge in [-0.2, -0.15) is 0 Å². The molecule has 2 aromatic rings. The molecule has 1 fully saturated rings. The minimum absolute atomic E-state index is 0.0421. The first kappa shape index (κ1) is 18.4. The second-order valence-corrected chi connectivity index (χ2v) is 6.89. The van der Waals surface area contributed by atoms with E-state index in [1.165, 1.54) is 0 Å². The fourth-order valence-electron chi connectivity index (χ4n) is 3.70. The highest BCUT2D eigenvalue weighted by Crippen LogP contribution is 2.22. The Morgan fingerprint density at radius 3 is 2.77 bits per heavy atom. The first-order valence-electron chi connectivity index (χ1n) is 9.42. The van der Waals surface area contributed by atoms with E-state index in [0.29, 0.717) is 25.9 Å². The van der Waals surface area contributed by atoms with E-state index in [1.54, 1.807) is 0 Å². The molecule has 2 aromatic carbocycles. The molecular weight excluding hydrogens is 326 g/mol. The molecule has 1 unspecified atom stereocenters. The van der Waals surface area contributed by atoms with Crippen molar-refractivity contribution in [3.63, 3.8) is 0 Å². The molecule has 1 heterocycles. The molecule has 26 heavy (non-hydrogen) atoms. The van der Waals surface area contributed by atoms with Crippen molar-refractivity contribution in [3.8, 4) is 0 Å². The standard InChI is InChI=1S/C21H27N3O2/c22-12-11-20(25)23-15-18-9-3-4-13-24(18)21(26)14-17-8-5-7-16-6-1-2-10-19(16)17/h1-2,5-8,10,18H,3-4,9,11-15,22H2,(H,23,25). The lowest BCUT2D eigenvalue weighted by atomic mass is 9.98. The van der Waals surface area contributed by atoms with Gasteiger partial charge in [0.15, 0.2) is 0 Å². The fraction of sp³-hybridized carbons (Fsp3) is 0.429. The topological polar surface area (TPSA) is 75.4 Å². The molecule has 5 heteroatoms. The Labute approximate surface area is 154 Å². The van der Waals surface area contributed by atoms with Gasteiger partial charge in [-0.25, -0.2) is 0 Å². The lowest BCUT2D eigenvalue weighted by Gasteiger charge is -2.36. The summed E-state index contributed by atoms with van der Waals surface area (Å²) in [5, 5.41) is 5.21. The first-order chi connectivity index (χ1) is 12.7. The SMILES string of the molecule is NCCC(=O)NCC1CCCCN1C(=O)Cc1cccc2ccccc12. The number of likely N-dealkylation sites (tertiary alicyclic amines) is 1. The number of carbonyl (C=O) groups is 2. The van der Waals surface area contributed by atoms with E-state index >= 15 is 0 Å². The molecule has 0 bridgehead atoms. The van der Waals surface area contributed by atoms with Crippen molar-refractivity contribution in [2.45, 2.75) is 38.1 Å². The monoisotopic (exact) mass is 353 g/mol. The molecule has 1 saturated heterocycles. The van der Waals surface area contributed by atoms with Gasteiger partial charge in [-0.15, -0.1) is 0 Å². The lowest BCUT2D eigenvalue weighted by molar-refractivity contribution is -0.134. The van der Waals surface area contributed by atoms with Gasteiger partial charge in [0, 0.05) is 32.1 Å². The summed E-state index contributed by atoms with van der Waals surface area (Å²) in [5.74, 6) is 0.0960. The van der Waals surface area contributed by atoms with E-state index in [0.717, 1.165) is 42.1 Å². The van der Waals surface area contributed by atoms with Gasteiger partial charge in [-0.05, 0) is 35.6 Å². The van der Waals surface area contributed by atoms with E-state index in [2.05, 4.69) is 23.5 Å². The van der Waals surface area contributed by atoms with E-state index < -0.39 is 0 Å². The molecule has 0 radical (unpaired) electrons. The second kappa shape index (κ2) is 8.81. The molecule has 3 rings (SSSR count). The van der Waals surface area contributed by atoms with Crippen molar-refractivity contribution in [2.75, 3.05) is 19.6 Å². The lowest BCUT2D eigenvalue weighted by Crippen LogP contribution is -2.50. The average molecular weight is 353 g/mol. The minimum atomic E-state index is -0.0421. The summed E-state index contributed by atoms with van der Waals surface area (Å²) in [6.45, 7) is 1.63. The van der Waals surface area contributed by atoms with Gasteiger partial charge < -0.3 is 16.0 Å². The molecule has 1 atom stereocenters. The molecular formula is C21H27N3O2. The van der Waals surface area contributed by atoms with Crippen LogP contribution in [0.1, 0.15) is 31.2 Å². The zero-order valence-corrected chi connectivity index (χ0v) is 15.1. The van der Waals surface area contributed by atoms with E-state index in [-0.39, 0.29) is 17.9 Å². The summed E-state index contributed by atoms with van der Waals surface area (Å²) in [6, 6.07) is 14.3. The Kier molecular flexibility index (Phi) is 6.23. The Bertz CT molecular complexity index is 769. The van der Waals surface area contributed by atoms with Gasteiger partial charge in [0.1, 0.15) is 0 Å². The maximum atomic E-state index is 13.0. The van der Waals surface area contributed by atoms with Crippen LogP contribution in [-0.2, 0) is 16.0 Å². The van der Waals surface area contributed by atoms with Gasteiger partial charge in [-0.3, -0.25) is 9.59 Å². The van der Waals surface area contributed by atoms with Gasteiger partial charge in [-0.1, -0.05) is 42.5 Å². The molecule has 2 amide bonds. The molecule has 0 aromatic heterocycles. The third-order valence-corrected chi connectivity index (χ3v) is 5.08. The Balaban J connectivity index is 1.69. The van der Waals surface area contributed by atoms with Crippen molar-refractivity contribution >= 4 is 22.6 Å². The molecule has 1 aliphatic heterocycles. The third-order valence-electron chi connectivity index (χ3n) is 5.08. The number of hydrogen-bond acceptors (Lipinski definition) is 3. The smallest absolute Gasteiger partial charge is 0.227 e. The summed E-state index contributed by atoms with van der Waals surface area (Å²) < 4.78 is 0. The summed E-state index contributed by atoms with van der Waals surface area (Å²) >= 11 is 0. The molecule has 3 N–H and O–H groups in total. The Morgan fingerprint density at radius 2 is 1.92 bits per heavy atom. The highest BCUT2D eigenvalue weighted by atomic mass is 16.2. The van der Waals surface area contributed by atoms with Crippen molar-refractivity contribution in [1.29, 1.82) is 0 Å². The van der Waals surface area contributed by atoms with E-state index in [1.807, 2.05) is 29.2 Å². The zero-order chi connectivity index (χ0) is 18.4. The van der Waals surface area contributed by atoms with Crippen LogP contribution in [0.3, 0.4) is 0 Å². The van der Waals surface area contributed by atoms with Crippen LogP contribution in [0, 0.1) is 0 Å². The Morgan fingerprint density at radius 1 is 1.12 bits per heavy atom. The molecule has 0 saturated carbocycles. The summed E-state index contributed by atoms with van der Waals surface area (Å²) in [4.78, 5) is 26.6. The largest absolute Gasteiger partial charge is 0.354 e. The van der Waals surface area contributed by atoms with Crippen LogP contribution in [0.4, 0.5) is 0 Å². The predicted octanol–water partition coefficient (Wildman–Crippen LogP) is 2.23. The fourth-order valence-corrected chi connectivity index (χ4v) is 3.70. The van der Waals surface area contributed by atoms with Crippen molar-refractivity contribution in [2.24, 2.45) is 5.73 Å². The zero-order valence-electron chi connectivity index (χ0n) is 15.1. The van der Waals surface area contributed by atoms with Gasteiger partial charge in [0.25, 0.3) is 0 Å². The summed E-state index contributed by atoms with van der Waals surface area (Å²) in [6.07, 6.45) is 3.78. The maximum Gasteiger partial charge on any atom is 0.227 e. The molecule has 0 spiro atoms. The van der Waals surface area contributed by atoms with Crippen molar-refractivity contribution in [3.05, 3.63) is 48.0 Å². The second-order valence-electron chi connectivity index (χ2n) is 6.89. The van der Waals surface area contributed by atoms with Crippen LogP contribution in [-0.4, -0.2) is 42.4 Å². The number of nitrogens with one attached hydrogen (secondary N) is 1. The highest BCUT2D eigenvalue weighted by molar-refractivity contribution is 5.90. The van der Waals surface area contributed by atoms with Gasteiger partial charge >= 0.3 is 0 Å². The molecule has 5 nitrogen and oxygen atoms in total. The summed E-state index contributed by atoms with van der Waals surface area (Å²) in [5.41, 5.74) is 6.48. The molecule has 138 valence electrons. The summed E-state index contributed by atoms with van der Waals surface area (Å²) in [7, 11) is 0. The number of piperidine rings is 1. The number of amides is 2. The van der Waals surface area contributed by atoms with Gasteiger partial charge in [0.05, 0.1) is 6.42 Å². The number of nitrogens with two attached hydrogens (primary N) is 1. The van der Waals surface area contributed by atoms with Crippen LogP contribution in [0.2, 0.25) is 0 Å².